The lowest BCUT2D eigenvalue weighted by Crippen LogP contribution is -2.30. The van der Waals surface area contributed by atoms with Crippen molar-refractivity contribution >= 4 is 22.9 Å². The molecular formula is C17H19N3O4. The molecule has 2 rings (SSSR count). The van der Waals surface area contributed by atoms with Crippen LogP contribution in [-0.2, 0) is 16.1 Å². The number of pyridine rings is 2. The molecule has 0 bridgehead atoms. The van der Waals surface area contributed by atoms with E-state index >= 15 is 0 Å². The second-order valence-electron chi connectivity index (χ2n) is 5.15. The second-order valence-corrected chi connectivity index (χ2v) is 5.15. The highest BCUT2D eigenvalue weighted by Gasteiger charge is 2.18. The van der Waals surface area contributed by atoms with E-state index in [1.165, 1.54) is 12.3 Å². The summed E-state index contributed by atoms with van der Waals surface area (Å²) in [6, 6.07) is 3.35. The van der Waals surface area contributed by atoms with Crippen LogP contribution in [0.3, 0.4) is 0 Å². The molecule has 0 unspecified atom stereocenters. The first-order valence-corrected chi connectivity index (χ1v) is 7.53. The van der Waals surface area contributed by atoms with Crippen LogP contribution in [0.1, 0.15) is 23.0 Å². The number of aryl methyl sites for hydroxylation is 2. The van der Waals surface area contributed by atoms with Gasteiger partial charge in [0.25, 0.3) is 5.91 Å². The second kappa shape index (κ2) is 7.54. The van der Waals surface area contributed by atoms with Crippen molar-refractivity contribution in [2.75, 3.05) is 13.2 Å². The van der Waals surface area contributed by atoms with Crippen molar-refractivity contribution in [2.24, 2.45) is 0 Å². The Kier molecular flexibility index (Phi) is 5.47. The van der Waals surface area contributed by atoms with Crippen LogP contribution >= 0.6 is 0 Å². The predicted octanol–water partition coefficient (Wildman–Crippen LogP) is 1.18. The fraction of sp³-hybridized carbons (Fsp3) is 0.294. The van der Waals surface area contributed by atoms with Gasteiger partial charge in [0, 0.05) is 25.0 Å². The minimum absolute atomic E-state index is 0.119. The molecule has 7 nitrogen and oxygen atoms in total. The Morgan fingerprint density at radius 2 is 2.17 bits per heavy atom. The zero-order valence-corrected chi connectivity index (χ0v) is 13.7. The van der Waals surface area contributed by atoms with Gasteiger partial charge in [-0.05, 0) is 26.0 Å². The normalized spacial score (nSPS) is 10.4. The van der Waals surface area contributed by atoms with Gasteiger partial charge < -0.3 is 14.6 Å². The Hall–Kier alpha value is -2.96. The largest absolute Gasteiger partial charge is 0.452 e. The summed E-state index contributed by atoms with van der Waals surface area (Å²) in [6.45, 7) is 7.53. The predicted molar refractivity (Wildman–Crippen MR) is 89.9 cm³/mol. The highest BCUT2D eigenvalue weighted by molar-refractivity contribution is 5.94. The molecule has 1 amide bonds. The molecule has 2 heterocycles. The van der Waals surface area contributed by atoms with Crippen molar-refractivity contribution in [1.29, 1.82) is 0 Å². The summed E-state index contributed by atoms with van der Waals surface area (Å²) in [5.74, 6) is -1.30. The van der Waals surface area contributed by atoms with Crippen molar-refractivity contribution in [1.82, 2.24) is 14.9 Å². The molecule has 0 spiro atoms. The molecule has 0 fully saturated rings. The van der Waals surface area contributed by atoms with Crippen LogP contribution in [0.4, 0.5) is 0 Å². The maximum atomic E-state index is 12.5. The van der Waals surface area contributed by atoms with E-state index in [1.807, 2.05) is 13.8 Å². The van der Waals surface area contributed by atoms with E-state index in [4.69, 9.17) is 4.74 Å². The number of amides is 1. The van der Waals surface area contributed by atoms with E-state index in [1.54, 1.807) is 16.7 Å². The molecule has 0 aliphatic heterocycles. The first-order valence-electron chi connectivity index (χ1n) is 7.53. The molecule has 0 aliphatic rings. The minimum Gasteiger partial charge on any atom is -0.452 e. The number of fused-ring (bicyclic) bond motifs is 1. The fourth-order valence-electron chi connectivity index (χ4n) is 2.19. The van der Waals surface area contributed by atoms with Crippen molar-refractivity contribution in [2.45, 2.75) is 20.4 Å². The van der Waals surface area contributed by atoms with Gasteiger partial charge in [-0.2, -0.15) is 0 Å². The van der Waals surface area contributed by atoms with Crippen LogP contribution in [0, 0.1) is 6.92 Å². The van der Waals surface area contributed by atoms with Crippen molar-refractivity contribution < 1.29 is 14.3 Å². The summed E-state index contributed by atoms with van der Waals surface area (Å²) in [4.78, 5) is 40.5. The van der Waals surface area contributed by atoms with Gasteiger partial charge in [0.15, 0.2) is 6.61 Å². The highest BCUT2D eigenvalue weighted by Crippen LogP contribution is 2.11. The van der Waals surface area contributed by atoms with E-state index < -0.39 is 23.9 Å². The van der Waals surface area contributed by atoms with Gasteiger partial charge >= 0.3 is 5.97 Å². The van der Waals surface area contributed by atoms with Gasteiger partial charge in [-0.1, -0.05) is 6.08 Å². The maximum absolute atomic E-state index is 12.5. The Morgan fingerprint density at radius 1 is 1.42 bits per heavy atom. The summed E-state index contributed by atoms with van der Waals surface area (Å²) in [5.41, 5.74) is 0.714. The molecule has 24 heavy (non-hydrogen) atoms. The van der Waals surface area contributed by atoms with Crippen molar-refractivity contribution in [3.8, 4) is 0 Å². The maximum Gasteiger partial charge on any atom is 0.344 e. The fourth-order valence-corrected chi connectivity index (χ4v) is 2.19. The number of nitrogens with zero attached hydrogens (tertiary/aromatic N) is 2. The van der Waals surface area contributed by atoms with Crippen LogP contribution in [0.2, 0.25) is 0 Å². The van der Waals surface area contributed by atoms with Crippen LogP contribution in [-0.4, -0.2) is 34.6 Å². The molecule has 0 aliphatic carbocycles. The van der Waals surface area contributed by atoms with Crippen molar-refractivity contribution in [3.05, 3.63) is 52.5 Å². The molecule has 1 N–H and O–H groups in total. The number of hydrogen-bond acceptors (Lipinski definition) is 5. The molecule has 0 saturated carbocycles. The SMILES string of the molecule is C=CCNC(=O)COC(=O)c1cn(CC)c2nc(C)ccc2c1=O. The third kappa shape index (κ3) is 3.68. The number of rotatable bonds is 6. The highest BCUT2D eigenvalue weighted by atomic mass is 16.5. The molecule has 0 radical (unpaired) electrons. The van der Waals surface area contributed by atoms with Crippen LogP contribution in [0.5, 0.6) is 0 Å². The lowest BCUT2D eigenvalue weighted by atomic mass is 10.2. The Bertz CT molecular complexity index is 855. The summed E-state index contributed by atoms with van der Waals surface area (Å²) >= 11 is 0. The zero-order chi connectivity index (χ0) is 17.7. The van der Waals surface area contributed by atoms with Gasteiger partial charge in [0.05, 0.1) is 5.39 Å². The molecule has 0 aromatic carbocycles. The Morgan fingerprint density at radius 3 is 2.83 bits per heavy atom. The van der Waals surface area contributed by atoms with E-state index in [-0.39, 0.29) is 12.1 Å². The topological polar surface area (TPSA) is 90.3 Å². The first-order chi connectivity index (χ1) is 11.5. The van der Waals surface area contributed by atoms with Crippen LogP contribution in [0.25, 0.3) is 11.0 Å². The number of carbonyl (C=O) groups is 2. The Balaban J connectivity index is 2.31. The van der Waals surface area contributed by atoms with Gasteiger partial charge in [0.2, 0.25) is 5.43 Å². The molecule has 0 atom stereocenters. The third-order valence-electron chi connectivity index (χ3n) is 3.40. The molecule has 2 aromatic heterocycles. The number of esters is 1. The lowest BCUT2D eigenvalue weighted by molar-refractivity contribution is -0.124. The molecule has 7 heteroatoms. The summed E-state index contributed by atoms with van der Waals surface area (Å²) in [6.07, 6.45) is 2.93. The van der Waals surface area contributed by atoms with Gasteiger partial charge in [-0.15, -0.1) is 6.58 Å². The van der Waals surface area contributed by atoms with Gasteiger partial charge in [-0.25, -0.2) is 9.78 Å². The van der Waals surface area contributed by atoms with Crippen LogP contribution in [0.15, 0.2) is 35.8 Å². The van der Waals surface area contributed by atoms with Crippen molar-refractivity contribution in [3.63, 3.8) is 0 Å². The monoisotopic (exact) mass is 329 g/mol. The number of nitrogens with one attached hydrogen (secondary N) is 1. The average molecular weight is 329 g/mol. The average Bonchev–Trinajstić information content (AvgIpc) is 2.58. The number of aromatic nitrogens is 2. The number of hydrogen-bond donors (Lipinski definition) is 1. The molecule has 0 saturated heterocycles. The molecular weight excluding hydrogens is 310 g/mol. The zero-order valence-electron chi connectivity index (χ0n) is 13.7. The van der Waals surface area contributed by atoms with E-state index in [0.29, 0.717) is 17.6 Å². The Labute approximate surface area is 139 Å². The van der Waals surface area contributed by atoms with E-state index in [0.717, 1.165) is 5.69 Å². The standard InChI is InChI=1S/C17H19N3O4/c1-4-8-18-14(21)10-24-17(23)13-9-20(5-2)16-12(15(13)22)7-6-11(3)19-16/h4,6-7,9H,1,5,8,10H2,2-3H3,(H,18,21). The summed E-state index contributed by atoms with van der Waals surface area (Å²) in [5, 5.41) is 2.83. The smallest absolute Gasteiger partial charge is 0.344 e. The third-order valence-corrected chi connectivity index (χ3v) is 3.40. The number of ether oxygens (including phenoxy) is 1. The van der Waals surface area contributed by atoms with E-state index in [2.05, 4.69) is 16.9 Å². The van der Waals surface area contributed by atoms with Gasteiger partial charge in [0.1, 0.15) is 11.2 Å². The lowest BCUT2D eigenvalue weighted by Gasteiger charge is -2.11. The minimum atomic E-state index is -0.835. The quantitative estimate of drug-likeness (QED) is 0.635. The summed E-state index contributed by atoms with van der Waals surface area (Å²) < 4.78 is 6.63. The van der Waals surface area contributed by atoms with Gasteiger partial charge in [-0.3, -0.25) is 9.59 Å². The van der Waals surface area contributed by atoms with Crippen LogP contribution < -0.4 is 10.7 Å². The first kappa shape index (κ1) is 17.4. The van der Waals surface area contributed by atoms with E-state index in [9.17, 15) is 14.4 Å². The summed E-state index contributed by atoms with van der Waals surface area (Å²) in [7, 11) is 0. The molecule has 2 aromatic rings. The number of carbonyl (C=O) groups excluding carboxylic acids is 2. The molecule has 126 valence electrons.